The summed E-state index contributed by atoms with van der Waals surface area (Å²) < 4.78 is 67.9. The van der Waals surface area contributed by atoms with Crippen molar-refractivity contribution in [3.8, 4) is 11.5 Å². The predicted octanol–water partition coefficient (Wildman–Crippen LogP) is 4.76. The molecule has 0 amide bonds. The van der Waals surface area contributed by atoms with Crippen LogP contribution in [0, 0.1) is 0 Å². The van der Waals surface area contributed by atoms with E-state index >= 15 is 0 Å². The van der Waals surface area contributed by atoms with Crippen molar-refractivity contribution in [3.63, 3.8) is 0 Å². The second-order valence-electron chi connectivity index (χ2n) is 6.37. The maximum Gasteiger partial charge on any atom is 0.345 e. The minimum Gasteiger partial charge on any atom is -0.487 e. The minimum absolute atomic E-state index is 0.174. The summed E-state index contributed by atoms with van der Waals surface area (Å²) in [5.41, 5.74) is 2.10. The van der Waals surface area contributed by atoms with Crippen molar-refractivity contribution in [1.82, 2.24) is 9.97 Å². The second kappa shape index (κ2) is 12.1. The first-order chi connectivity index (χ1) is 14.8. The highest BCUT2D eigenvalue weighted by atomic mass is 19.3. The monoisotopic (exact) mass is 445 g/mol. The van der Waals surface area contributed by atoms with Gasteiger partial charge in [0, 0.05) is 17.1 Å². The number of halogens is 4. The Labute approximate surface area is 176 Å². The zero-order valence-corrected chi connectivity index (χ0v) is 17.0. The van der Waals surface area contributed by atoms with Crippen LogP contribution in [0.1, 0.15) is 13.8 Å². The van der Waals surface area contributed by atoms with E-state index in [2.05, 4.69) is 31.3 Å². The van der Waals surface area contributed by atoms with E-state index in [0.29, 0.717) is 22.4 Å². The Hall–Kier alpha value is -2.92. The Morgan fingerprint density at radius 3 is 2.10 bits per heavy atom. The first kappa shape index (κ1) is 24.4. The van der Waals surface area contributed by atoms with Crippen LogP contribution in [-0.2, 0) is 9.47 Å². The van der Waals surface area contributed by atoms with Crippen LogP contribution < -0.4 is 14.8 Å². The van der Waals surface area contributed by atoms with Crippen molar-refractivity contribution in [1.29, 1.82) is 0 Å². The van der Waals surface area contributed by atoms with E-state index < -0.39 is 13.2 Å². The van der Waals surface area contributed by atoms with Crippen molar-refractivity contribution in [3.05, 3.63) is 42.4 Å². The molecule has 0 aliphatic carbocycles. The molecule has 0 radical (unpaired) electrons. The zero-order chi connectivity index (χ0) is 22.8. The number of aromatic nitrogens is 2. The molecular weight excluding hydrogens is 422 g/mol. The van der Waals surface area contributed by atoms with Crippen LogP contribution in [-0.4, -0.2) is 49.6 Å². The second-order valence-corrected chi connectivity index (χ2v) is 6.37. The summed E-state index contributed by atoms with van der Waals surface area (Å²) in [5.74, 6) is 0.789. The molecule has 1 aromatic heterocycles. The third kappa shape index (κ3) is 8.38. The molecule has 1 heterocycles. The van der Waals surface area contributed by atoms with Crippen LogP contribution >= 0.6 is 0 Å². The Morgan fingerprint density at radius 2 is 1.55 bits per heavy atom. The van der Waals surface area contributed by atoms with Gasteiger partial charge in [-0.3, -0.25) is 0 Å². The number of rotatable bonds is 13. The maximum atomic E-state index is 12.2. The van der Waals surface area contributed by atoms with E-state index in [-0.39, 0.29) is 37.9 Å². The van der Waals surface area contributed by atoms with E-state index in [4.69, 9.17) is 9.47 Å². The molecule has 2 rings (SSSR count). The normalized spacial score (nSPS) is 11.1. The molecule has 0 atom stereocenters. The van der Waals surface area contributed by atoms with E-state index in [1.165, 1.54) is 12.4 Å². The number of benzene rings is 1. The van der Waals surface area contributed by atoms with Crippen LogP contribution in [0.5, 0.6) is 11.5 Å². The van der Waals surface area contributed by atoms with E-state index in [1.54, 1.807) is 6.07 Å². The fraction of sp³-hybridized carbons (Fsp3) is 0.400. The summed E-state index contributed by atoms with van der Waals surface area (Å²) in [5, 5.41) is 3.61. The van der Waals surface area contributed by atoms with E-state index in [9.17, 15) is 17.6 Å². The molecule has 0 fully saturated rings. The molecule has 0 unspecified atom stereocenters. The number of hydrogen-bond acceptors (Lipinski definition) is 7. The largest absolute Gasteiger partial charge is 0.487 e. The molecule has 2 aromatic rings. The van der Waals surface area contributed by atoms with Crippen LogP contribution in [0.2, 0.25) is 0 Å². The Kier molecular flexibility index (Phi) is 9.47. The standard InChI is InChI=1S/C20H23F4N3O4/c1-12(2)8-13(3)27-18-14-9-16(28-4-6-30-19(21)22)17(10-15(14)25-11-26-18)29-5-7-31-20(23)24/h8-11,19-20H,3-7H2,1-2H3,(H,25,26,27). The molecule has 0 spiro atoms. The van der Waals surface area contributed by atoms with Crippen LogP contribution in [0.4, 0.5) is 23.4 Å². The lowest BCUT2D eigenvalue weighted by Gasteiger charge is -2.15. The summed E-state index contributed by atoms with van der Waals surface area (Å²) in [6, 6.07) is 3.08. The average Bonchev–Trinajstić information content (AvgIpc) is 2.68. The molecule has 0 aliphatic heterocycles. The van der Waals surface area contributed by atoms with Crippen molar-refractivity contribution in [2.45, 2.75) is 27.1 Å². The highest BCUT2D eigenvalue weighted by Gasteiger charge is 2.14. The number of nitrogens with zero attached hydrogens (tertiary/aromatic N) is 2. The van der Waals surface area contributed by atoms with Crippen molar-refractivity contribution in [2.75, 3.05) is 31.7 Å². The number of fused-ring (bicyclic) bond motifs is 1. The van der Waals surface area contributed by atoms with Gasteiger partial charge in [-0.05, 0) is 26.0 Å². The summed E-state index contributed by atoms with van der Waals surface area (Å²) in [6.45, 7) is 0.799. The lowest BCUT2D eigenvalue weighted by Crippen LogP contribution is -2.12. The molecule has 0 aliphatic rings. The number of anilines is 1. The van der Waals surface area contributed by atoms with Gasteiger partial charge < -0.3 is 24.3 Å². The molecular formula is C20H23F4N3O4. The van der Waals surface area contributed by atoms with Crippen LogP contribution in [0.3, 0.4) is 0 Å². The molecule has 7 nitrogen and oxygen atoms in total. The summed E-state index contributed by atoms with van der Waals surface area (Å²) in [6.07, 6.45) is 3.16. The number of ether oxygens (including phenoxy) is 4. The summed E-state index contributed by atoms with van der Waals surface area (Å²) in [4.78, 5) is 8.38. The Bertz CT molecular complexity index is 905. The highest BCUT2D eigenvalue weighted by Crippen LogP contribution is 2.34. The van der Waals surface area contributed by atoms with Crippen LogP contribution in [0.15, 0.2) is 42.4 Å². The molecule has 0 saturated heterocycles. The molecule has 11 heteroatoms. The SMILES string of the molecule is C=C(C=C(C)C)Nc1ncnc2cc(OCCOC(F)F)c(OCCOC(F)F)cc12. The smallest absolute Gasteiger partial charge is 0.345 e. The Balaban J connectivity index is 2.28. The van der Waals surface area contributed by atoms with Gasteiger partial charge in [0.25, 0.3) is 0 Å². The third-order valence-electron chi connectivity index (χ3n) is 3.61. The molecule has 0 bridgehead atoms. The first-order valence-corrected chi connectivity index (χ1v) is 9.21. The predicted molar refractivity (Wildman–Crippen MR) is 107 cm³/mol. The van der Waals surface area contributed by atoms with Gasteiger partial charge in [-0.15, -0.1) is 0 Å². The van der Waals surface area contributed by atoms with E-state index in [1.807, 2.05) is 19.9 Å². The van der Waals surface area contributed by atoms with Gasteiger partial charge in [0.1, 0.15) is 25.4 Å². The topological polar surface area (TPSA) is 74.7 Å². The number of alkyl halides is 4. The third-order valence-corrected chi connectivity index (χ3v) is 3.61. The first-order valence-electron chi connectivity index (χ1n) is 9.21. The quantitative estimate of drug-likeness (QED) is 0.271. The van der Waals surface area contributed by atoms with Gasteiger partial charge in [-0.25, -0.2) is 9.97 Å². The number of allylic oxidation sites excluding steroid dienone is 2. The summed E-state index contributed by atoms with van der Waals surface area (Å²) >= 11 is 0. The maximum absolute atomic E-state index is 12.2. The van der Waals surface area contributed by atoms with Gasteiger partial charge in [0.05, 0.1) is 18.7 Å². The van der Waals surface area contributed by atoms with Gasteiger partial charge in [0.15, 0.2) is 11.5 Å². The van der Waals surface area contributed by atoms with Crippen LogP contribution in [0.25, 0.3) is 10.9 Å². The van der Waals surface area contributed by atoms with Gasteiger partial charge in [0.2, 0.25) is 0 Å². The van der Waals surface area contributed by atoms with Gasteiger partial charge >= 0.3 is 13.2 Å². The molecule has 1 N–H and O–H groups in total. The summed E-state index contributed by atoms with van der Waals surface area (Å²) in [7, 11) is 0. The lowest BCUT2D eigenvalue weighted by molar-refractivity contribution is -0.134. The lowest BCUT2D eigenvalue weighted by atomic mass is 10.2. The fourth-order valence-electron chi connectivity index (χ4n) is 2.50. The molecule has 170 valence electrons. The van der Waals surface area contributed by atoms with Crippen molar-refractivity contribution < 1.29 is 36.5 Å². The Morgan fingerprint density at radius 1 is 0.968 bits per heavy atom. The van der Waals surface area contributed by atoms with Gasteiger partial charge in [-0.1, -0.05) is 12.2 Å². The highest BCUT2D eigenvalue weighted by molar-refractivity contribution is 5.92. The molecule has 31 heavy (non-hydrogen) atoms. The van der Waals surface area contributed by atoms with E-state index in [0.717, 1.165) is 5.57 Å². The van der Waals surface area contributed by atoms with Crippen molar-refractivity contribution >= 4 is 16.7 Å². The number of hydrogen-bond donors (Lipinski definition) is 1. The molecule has 0 saturated carbocycles. The van der Waals surface area contributed by atoms with Crippen molar-refractivity contribution in [2.24, 2.45) is 0 Å². The number of nitrogens with one attached hydrogen (secondary N) is 1. The minimum atomic E-state index is -2.92. The fourth-order valence-corrected chi connectivity index (χ4v) is 2.50. The van der Waals surface area contributed by atoms with Gasteiger partial charge in [-0.2, -0.15) is 17.6 Å². The average molecular weight is 445 g/mol. The zero-order valence-electron chi connectivity index (χ0n) is 17.0. The molecule has 1 aromatic carbocycles.